The van der Waals surface area contributed by atoms with Gasteiger partial charge in [-0.1, -0.05) is 24.3 Å². The molecular weight excluding hydrogens is 157 g/mol. The molecule has 0 bridgehead atoms. The lowest BCUT2D eigenvalue weighted by Gasteiger charge is -2.00. The maximum absolute atomic E-state index is 11.9. The molecule has 0 aromatic heterocycles. The maximum atomic E-state index is 11.9. The smallest absolute Gasteiger partial charge is 0.0934 e. The lowest BCUT2D eigenvalue weighted by Crippen LogP contribution is -1.98. The van der Waals surface area contributed by atoms with Gasteiger partial charge in [0.2, 0.25) is 0 Å². The standard InChI is InChI=1S/C9H12FNO/c10-6-5-8-1-3-9(4-2-8)7-12-11/h1-4H,5-7,11H2. The first-order chi connectivity index (χ1) is 5.86. The molecule has 0 saturated carbocycles. The Bertz CT molecular complexity index is 197. The summed E-state index contributed by atoms with van der Waals surface area (Å²) in [6.07, 6.45) is 0.476. The van der Waals surface area contributed by atoms with E-state index >= 15 is 0 Å². The number of benzene rings is 1. The minimum atomic E-state index is -0.313. The van der Waals surface area contributed by atoms with Crippen LogP contribution in [0.5, 0.6) is 0 Å². The van der Waals surface area contributed by atoms with Crippen molar-refractivity contribution in [1.82, 2.24) is 0 Å². The van der Waals surface area contributed by atoms with Gasteiger partial charge in [0, 0.05) is 6.42 Å². The van der Waals surface area contributed by atoms with Crippen LogP contribution in [0.2, 0.25) is 0 Å². The van der Waals surface area contributed by atoms with Crippen LogP contribution >= 0.6 is 0 Å². The molecule has 1 rings (SSSR count). The third-order valence-corrected chi connectivity index (χ3v) is 1.66. The normalized spacial score (nSPS) is 10.2. The molecule has 0 aliphatic carbocycles. The van der Waals surface area contributed by atoms with Crippen LogP contribution in [0.25, 0.3) is 0 Å². The molecule has 0 radical (unpaired) electrons. The zero-order chi connectivity index (χ0) is 8.81. The van der Waals surface area contributed by atoms with Gasteiger partial charge in [-0.25, -0.2) is 5.90 Å². The first-order valence-corrected chi connectivity index (χ1v) is 3.82. The average molecular weight is 169 g/mol. The zero-order valence-electron chi connectivity index (χ0n) is 6.79. The number of hydrogen-bond acceptors (Lipinski definition) is 2. The molecule has 0 atom stereocenters. The van der Waals surface area contributed by atoms with Crippen molar-refractivity contribution in [2.24, 2.45) is 5.90 Å². The Hall–Kier alpha value is -0.930. The van der Waals surface area contributed by atoms with Crippen LogP contribution in [-0.4, -0.2) is 6.67 Å². The van der Waals surface area contributed by atoms with E-state index in [1.165, 1.54) is 0 Å². The Morgan fingerprint density at radius 2 is 1.75 bits per heavy atom. The van der Waals surface area contributed by atoms with Gasteiger partial charge < -0.3 is 0 Å². The molecule has 0 heterocycles. The Labute approximate surface area is 71.1 Å². The summed E-state index contributed by atoms with van der Waals surface area (Å²) in [5.74, 6) is 4.90. The molecule has 2 N–H and O–H groups in total. The lowest BCUT2D eigenvalue weighted by molar-refractivity contribution is 0.124. The van der Waals surface area contributed by atoms with Gasteiger partial charge in [-0.2, -0.15) is 0 Å². The number of nitrogens with two attached hydrogens (primary N) is 1. The zero-order valence-corrected chi connectivity index (χ0v) is 6.79. The summed E-state index contributed by atoms with van der Waals surface area (Å²) >= 11 is 0. The highest BCUT2D eigenvalue weighted by molar-refractivity contribution is 5.22. The monoisotopic (exact) mass is 169 g/mol. The van der Waals surface area contributed by atoms with E-state index in [1.807, 2.05) is 24.3 Å². The first-order valence-electron chi connectivity index (χ1n) is 3.82. The quantitative estimate of drug-likeness (QED) is 0.694. The molecule has 0 spiro atoms. The van der Waals surface area contributed by atoms with Crippen LogP contribution < -0.4 is 5.90 Å². The van der Waals surface area contributed by atoms with Gasteiger partial charge in [-0.3, -0.25) is 9.23 Å². The molecule has 0 fully saturated rings. The van der Waals surface area contributed by atoms with Crippen molar-refractivity contribution in [2.75, 3.05) is 6.67 Å². The minimum absolute atomic E-state index is 0.313. The number of aryl methyl sites for hydroxylation is 1. The van der Waals surface area contributed by atoms with Crippen molar-refractivity contribution >= 4 is 0 Å². The SMILES string of the molecule is NOCc1ccc(CCF)cc1. The van der Waals surface area contributed by atoms with Crippen LogP contribution in [0.1, 0.15) is 11.1 Å². The Kier molecular flexibility index (Phi) is 3.70. The van der Waals surface area contributed by atoms with E-state index in [-0.39, 0.29) is 6.67 Å². The predicted molar refractivity (Wildman–Crippen MR) is 45.1 cm³/mol. The van der Waals surface area contributed by atoms with E-state index in [4.69, 9.17) is 5.90 Å². The molecule has 0 amide bonds. The van der Waals surface area contributed by atoms with Crippen LogP contribution in [-0.2, 0) is 17.9 Å². The maximum Gasteiger partial charge on any atom is 0.0934 e. The molecule has 3 heteroatoms. The molecule has 66 valence electrons. The number of hydrogen-bond donors (Lipinski definition) is 1. The second-order valence-corrected chi connectivity index (χ2v) is 2.57. The fourth-order valence-electron chi connectivity index (χ4n) is 1.01. The summed E-state index contributed by atoms with van der Waals surface area (Å²) < 4.78 is 11.9. The van der Waals surface area contributed by atoms with E-state index < -0.39 is 0 Å². The molecule has 1 aromatic rings. The van der Waals surface area contributed by atoms with Gasteiger partial charge in [0.25, 0.3) is 0 Å². The molecule has 0 aliphatic rings. The Balaban J connectivity index is 2.58. The number of halogens is 1. The van der Waals surface area contributed by atoms with Gasteiger partial charge in [-0.05, 0) is 11.1 Å². The van der Waals surface area contributed by atoms with E-state index in [0.29, 0.717) is 13.0 Å². The molecule has 2 nitrogen and oxygen atoms in total. The van der Waals surface area contributed by atoms with E-state index in [0.717, 1.165) is 11.1 Å². The molecule has 12 heavy (non-hydrogen) atoms. The van der Waals surface area contributed by atoms with Crippen molar-refractivity contribution in [1.29, 1.82) is 0 Å². The highest BCUT2D eigenvalue weighted by Gasteiger charge is 1.93. The number of alkyl halides is 1. The van der Waals surface area contributed by atoms with Crippen LogP contribution in [0.4, 0.5) is 4.39 Å². The van der Waals surface area contributed by atoms with Crippen LogP contribution in [0.15, 0.2) is 24.3 Å². The minimum Gasteiger partial charge on any atom is -0.300 e. The van der Waals surface area contributed by atoms with Gasteiger partial charge >= 0.3 is 0 Å². The third-order valence-electron chi connectivity index (χ3n) is 1.66. The first kappa shape index (κ1) is 9.16. The molecule has 0 unspecified atom stereocenters. The average Bonchev–Trinajstić information content (AvgIpc) is 2.09. The second-order valence-electron chi connectivity index (χ2n) is 2.57. The van der Waals surface area contributed by atoms with Crippen molar-refractivity contribution in [3.05, 3.63) is 35.4 Å². The van der Waals surface area contributed by atoms with E-state index in [1.54, 1.807) is 0 Å². The van der Waals surface area contributed by atoms with Crippen LogP contribution in [0, 0.1) is 0 Å². The topological polar surface area (TPSA) is 35.2 Å². The number of rotatable bonds is 4. The van der Waals surface area contributed by atoms with E-state index in [9.17, 15) is 4.39 Å². The van der Waals surface area contributed by atoms with Crippen molar-refractivity contribution in [2.45, 2.75) is 13.0 Å². The summed E-state index contributed by atoms with van der Waals surface area (Å²) in [5.41, 5.74) is 2.00. The molecule has 0 saturated heterocycles. The highest BCUT2D eigenvalue weighted by Crippen LogP contribution is 2.05. The van der Waals surface area contributed by atoms with Gasteiger partial charge in [0.15, 0.2) is 0 Å². The highest BCUT2D eigenvalue weighted by atomic mass is 19.1. The summed E-state index contributed by atoms with van der Waals surface area (Å²) in [7, 11) is 0. The van der Waals surface area contributed by atoms with E-state index in [2.05, 4.69) is 4.84 Å². The molecule has 0 aliphatic heterocycles. The fraction of sp³-hybridized carbons (Fsp3) is 0.333. The van der Waals surface area contributed by atoms with Crippen LogP contribution in [0.3, 0.4) is 0 Å². The molecule has 1 aromatic carbocycles. The molecular formula is C9H12FNO. The van der Waals surface area contributed by atoms with Gasteiger partial charge in [-0.15, -0.1) is 0 Å². The summed E-state index contributed by atoms with van der Waals surface area (Å²) in [6, 6.07) is 7.54. The summed E-state index contributed by atoms with van der Waals surface area (Å²) in [6.45, 7) is 0.0860. The fourth-order valence-corrected chi connectivity index (χ4v) is 1.01. The van der Waals surface area contributed by atoms with Gasteiger partial charge in [0.1, 0.15) is 0 Å². The van der Waals surface area contributed by atoms with Crippen molar-refractivity contribution < 1.29 is 9.23 Å². The Morgan fingerprint density at radius 1 is 1.17 bits per heavy atom. The predicted octanol–water partition coefficient (Wildman–Crippen LogP) is 1.59. The largest absolute Gasteiger partial charge is 0.300 e. The third kappa shape index (κ3) is 2.60. The van der Waals surface area contributed by atoms with Crippen molar-refractivity contribution in [3.63, 3.8) is 0 Å². The lowest BCUT2D eigenvalue weighted by atomic mass is 10.1. The summed E-state index contributed by atoms with van der Waals surface area (Å²) in [5, 5.41) is 0. The Morgan fingerprint density at radius 3 is 2.25 bits per heavy atom. The van der Waals surface area contributed by atoms with Crippen molar-refractivity contribution in [3.8, 4) is 0 Å². The van der Waals surface area contributed by atoms with Gasteiger partial charge in [0.05, 0.1) is 13.3 Å². The second kappa shape index (κ2) is 4.85. The summed E-state index contributed by atoms with van der Waals surface area (Å²) in [4.78, 5) is 4.45.